The van der Waals surface area contributed by atoms with E-state index in [1.54, 1.807) is 12.0 Å². The lowest BCUT2D eigenvalue weighted by atomic mass is 10.1. The van der Waals surface area contributed by atoms with Gasteiger partial charge in [-0.05, 0) is 53.2 Å². The van der Waals surface area contributed by atoms with Crippen molar-refractivity contribution in [1.82, 2.24) is 19.8 Å². The maximum absolute atomic E-state index is 14.7. The molecule has 4 rings (SSSR count). The molecule has 0 bridgehead atoms. The van der Waals surface area contributed by atoms with Crippen molar-refractivity contribution in [2.45, 2.75) is 59.3 Å². The molecule has 1 unspecified atom stereocenters. The number of piperazine rings is 1. The summed E-state index contributed by atoms with van der Waals surface area (Å²) in [5.74, 6) is -0.835. The van der Waals surface area contributed by atoms with Gasteiger partial charge in [-0.2, -0.15) is 0 Å². The molecule has 2 aromatic carbocycles. The van der Waals surface area contributed by atoms with Crippen LogP contribution < -0.4 is 29.2 Å². The maximum atomic E-state index is 14.7. The van der Waals surface area contributed by atoms with Gasteiger partial charge in [0, 0.05) is 63.1 Å². The van der Waals surface area contributed by atoms with Crippen LogP contribution in [0.2, 0.25) is 0 Å². The summed E-state index contributed by atoms with van der Waals surface area (Å²) >= 11 is 0. The normalized spacial score (nSPS) is 14.2. The highest BCUT2D eigenvalue weighted by Crippen LogP contribution is 2.34. The summed E-state index contributed by atoms with van der Waals surface area (Å²) in [5.41, 5.74) is 0.849. The minimum atomic E-state index is -0.872. The number of halogens is 2. The van der Waals surface area contributed by atoms with Crippen LogP contribution in [-0.2, 0) is 11.3 Å². The molecule has 1 aliphatic heterocycles. The highest BCUT2D eigenvalue weighted by molar-refractivity contribution is 5.68. The molecule has 1 amide bonds. The van der Waals surface area contributed by atoms with E-state index in [9.17, 15) is 13.6 Å². The maximum Gasteiger partial charge on any atom is 0.410 e. The summed E-state index contributed by atoms with van der Waals surface area (Å²) in [6.45, 7) is 14.1. The first-order chi connectivity index (χ1) is 23.4. The van der Waals surface area contributed by atoms with Crippen LogP contribution in [0, 0.1) is 11.6 Å². The van der Waals surface area contributed by atoms with E-state index in [1.165, 1.54) is 26.6 Å². The highest BCUT2D eigenvalue weighted by atomic mass is 19.1. The SMILES string of the molecule is CCN(CCC(C)N1CCN(C(=O)OC(C)(C)C)CC1)c1ccc(Nc2ncc(OCc3c(F)c(OC)cc(OC)c3F)cn2)cc1OC. The first kappa shape index (κ1) is 37.2. The lowest BCUT2D eigenvalue weighted by Gasteiger charge is -2.39. The number of carbonyl (C=O) groups is 1. The third-order valence-corrected chi connectivity index (χ3v) is 8.24. The van der Waals surface area contributed by atoms with Crippen molar-refractivity contribution in [3.05, 3.63) is 53.9 Å². The summed E-state index contributed by atoms with van der Waals surface area (Å²) in [4.78, 5) is 27.5. The fourth-order valence-electron chi connectivity index (χ4n) is 5.47. The van der Waals surface area contributed by atoms with Crippen molar-refractivity contribution in [2.75, 3.05) is 70.8 Å². The van der Waals surface area contributed by atoms with Gasteiger partial charge in [-0.25, -0.2) is 23.5 Å². The van der Waals surface area contributed by atoms with Gasteiger partial charge in [0.1, 0.15) is 18.0 Å². The molecule has 1 aliphatic rings. The number of hydrogen-bond acceptors (Lipinski definition) is 11. The van der Waals surface area contributed by atoms with E-state index in [0.717, 1.165) is 44.4 Å². The van der Waals surface area contributed by atoms with Crippen LogP contribution in [0.15, 0.2) is 36.7 Å². The minimum Gasteiger partial charge on any atom is -0.495 e. The number of nitrogens with zero attached hydrogens (tertiary/aromatic N) is 5. The van der Waals surface area contributed by atoms with Gasteiger partial charge in [0.15, 0.2) is 28.9 Å². The average molecular weight is 687 g/mol. The number of anilines is 3. The van der Waals surface area contributed by atoms with Gasteiger partial charge in [0.25, 0.3) is 0 Å². The number of aromatic nitrogens is 2. The second-order valence-corrected chi connectivity index (χ2v) is 12.7. The molecule has 1 fully saturated rings. The molecule has 1 atom stereocenters. The molecule has 14 heteroatoms. The van der Waals surface area contributed by atoms with E-state index in [2.05, 4.69) is 38.9 Å². The average Bonchev–Trinajstić information content (AvgIpc) is 3.09. The first-order valence-corrected chi connectivity index (χ1v) is 16.3. The number of carbonyl (C=O) groups excluding carboxylic acids is 1. The Hall–Kier alpha value is -4.59. The molecule has 2 heterocycles. The number of nitrogens with one attached hydrogen (secondary N) is 1. The van der Waals surface area contributed by atoms with Gasteiger partial charge in [0.2, 0.25) is 5.95 Å². The molecule has 268 valence electrons. The fraction of sp³-hybridized carbons (Fsp3) is 0.514. The lowest BCUT2D eigenvalue weighted by molar-refractivity contribution is 0.0108. The molecule has 0 spiro atoms. The number of amides is 1. The zero-order chi connectivity index (χ0) is 35.7. The second kappa shape index (κ2) is 16.7. The van der Waals surface area contributed by atoms with Crippen molar-refractivity contribution < 1.29 is 37.3 Å². The number of rotatable bonds is 14. The quantitative estimate of drug-likeness (QED) is 0.208. The van der Waals surface area contributed by atoms with Gasteiger partial charge in [-0.1, -0.05) is 0 Å². The predicted octanol–water partition coefficient (Wildman–Crippen LogP) is 6.26. The zero-order valence-electron chi connectivity index (χ0n) is 29.6. The second-order valence-electron chi connectivity index (χ2n) is 12.7. The Morgan fingerprint density at radius 2 is 1.57 bits per heavy atom. The molecule has 0 radical (unpaired) electrons. The Kier molecular flexibility index (Phi) is 12.7. The summed E-state index contributed by atoms with van der Waals surface area (Å²) in [6, 6.07) is 7.28. The van der Waals surface area contributed by atoms with Gasteiger partial charge in [-0.15, -0.1) is 0 Å². The topological polar surface area (TPSA) is 111 Å². The summed E-state index contributed by atoms with van der Waals surface area (Å²) in [6.07, 6.45) is 3.50. The standard InChI is InChI=1S/C35H48F2N6O6/c1-9-41(13-12-23(2)42-14-16-43(17-15-42)34(44)49-35(3,4)5)27-11-10-24(18-28(27)45-6)40-33-38-20-25(21-39-33)48-22-26-31(36)29(46-7)19-30(47-8)32(26)37/h10-11,18-21,23H,9,12-17,22H2,1-8H3,(H,38,39,40). The van der Waals surface area contributed by atoms with Crippen molar-refractivity contribution in [3.8, 4) is 23.0 Å². The fourth-order valence-corrected chi connectivity index (χ4v) is 5.47. The van der Waals surface area contributed by atoms with Crippen molar-refractivity contribution in [3.63, 3.8) is 0 Å². The van der Waals surface area contributed by atoms with Gasteiger partial charge >= 0.3 is 6.09 Å². The molecular weight excluding hydrogens is 638 g/mol. The predicted molar refractivity (Wildman–Crippen MR) is 183 cm³/mol. The van der Waals surface area contributed by atoms with Crippen LogP contribution in [0.4, 0.5) is 30.9 Å². The van der Waals surface area contributed by atoms with Gasteiger partial charge in [0.05, 0.1) is 45.0 Å². The largest absolute Gasteiger partial charge is 0.495 e. The minimum absolute atomic E-state index is 0.155. The molecule has 0 aliphatic carbocycles. The van der Waals surface area contributed by atoms with E-state index in [-0.39, 0.29) is 28.9 Å². The van der Waals surface area contributed by atoms with E-state index < -0.39 is 23.8 Å². The van der Waals surface area contributed by atoms with Crippen molar-refractivity contribution in [2.24, 2.45) is 0 Å². The van der Waals surface area contributed by atoms with Crippen LogP contribution in [0.25, 0.3) is 0 Å². The van der Waals surface area contributed by atoms with Crippen LogP contribution in [0.5, 0.6) is 23.0 Å². The Bertz CT molecular complexity index is 1520. The van der Waals surface area contributed by atoms with E-state index in [4.69, 9.17) is 23.7 Å². The van der Waals surface area contributed by atoms with E-state index in [0.29, 0.717) is 36.5 Å². The molecule has 1 N–H and O–H groups in total. The summed E-state index contributed by atoms with van der Waals surface area (Å²) in [7, 11) is 4.20. The highest BCUT2D eigenvalue weighted by Gasteiger charge is 2.28. The summed E-state index contributed by atoms with van der Waals surface area (Å²) < 4.78 is 56.2. The number of benzene rings is 2. The zero-order valence-corrected chi connectivity index (χ0v) is 29.6. The first-order valence-electron chi connectivity index (χ1n) is 16.3. The molecule has 1 saturated heterocycles. The Morgan fingerprint density at radius 1 is 0.959 bits per heavy atom. The van der Waals surface area contributed by atoms with E-state index in [1.807, 2.05) is 39.0 Å². The van der Waals surface area contributed by atoms with Gasteiger partial charge < -0.3 is 38.8 Å². The van der Waals surface area contributed by atoms with Crippen LogP contribution in [0.1, 0.15) is 46.6 Å². The number of ether oxygens (including phenoxy) is 5. The molecule has 12 nitrogen and oxygen atoms in total. The molecule has 0 saturated carbocycles. The summed E-state index contributed by atoms with van der Waals surface area (Å²) in [5, 5.41) is 3.16. The number of methoxy groups -OCH3 is 3. The monoisotopic (exact) mass is 686 g/mol. The third kappa shape index (κ3) is 9.74. The molecule has 49 heavy (non-hydrogen) atoms. The Labute approximate surface area is 287 Å². The Morgan fingerprint density at radius 3 is 2.12 bits per heavy atom. The Balaban J connectivity index is 1.32. The van der Waals surface area contributed by atoms with Crippen LogP contribution in [-0.4, -0.2) is 98.1 Å². The smallest absolute Gasteiger partial charge is 0.410 e. The van der Waals surface area contributed by atoms with Crippen LogP contribution in [0.3, 0.4) is 0 Å². The molecule has 1 aromatic heterocycles. The van der Waals surface area contributed by atoms with E-state index >= 15 is 0 Å². The van der Waals surface area contributed by atoms with Crippen LogP contribution >= 0.6 is 0 Å². The van der Waals surface area contributed by atoms with Crippen molar-refractivity contribution >= 4 is 23.4 Å². The van der Waals surface area contributed by atoms with Crippen molar-refractivity contribution in [1.29, 1.82) is 0 Å². The molecular formula is C35H48F2N6O6. The molecule has 3 aromatic rings. The third-order valence-electron chi connectivity index (χ3n) is 8.24. The number of hydrogen-bond donors (Lipinski definition) is 1. The van der Waals surface area contributed by atoms with Gasteiger partial charge in [-0.3, -0.25) is 4.90 Å². The lowest BCUT2D eigenvalue weighted by Crippen LogP contribution is -2.52.